The highest BCUT2D eigenvalue weighted by atomic mass is 32.2. The average molecular weight is 563 g/mol. The zero-order valence-corrected chi connectivity index (χ0v) is 23.7. The van der Waals surface area contributed by atoms with Crippen LogP contribution in [-0.4, -0.2) is 36.6 Å². The molecule has 0 saturated heterocycles. The Bertz CT molecular complexity index is 1410. The zero-order valence-electron chi connectivity index (χ0n) is 22.9. The van der Waals surface area contributed by atoms with Gasteiger partial charge in [-0.2, -0.15) is 0 Å². The van der Waals surface area contributed by atoms with Crippen LogP contribution in [0.15, 0.2) is 88.6 Å². The molecular weight excluding hydrogens is 524 g/mol. The van der Waals surface area contributed by atoms with E-state index in [1.54, 1.807) is 61.1 Å². The molecule has 0 saturated carbocycles. The number of aliphatic hydroxyl groups is 1. The first kappa shape index (κ1) is 29.5. The van der Waals surface area contributed by atoms with Gasteiger partial charge in [0.05, 0.1) is 17.2 Å². The number of anilines is 1. The van der Waals surface area contributed by atoms with Crippen molar-refractivity contribution in [2.75, 3.05) is 17.8 Å². The van der Waals surface area contributed by atoms with Crippen molar-refractivity contribution < 1.29 is 17.9 Å². The summed E-state index contributed by atoms with van der Waals surface area (Å²) < 4.78 is 34.4. The van der Waals surface area contributed by atoms with Crippen LogP contribution in [0, 0.1) is 0 Å². The molecule has 212 valence electrons. The fourth-order valence-corrected chi connectivity index (χ4v) is 5.41. The molecule has 2 heterocycles. The molecule has 0 spiro atoms. The quantitative estimate of drug-likeness (QED) is 0.145. The second-order valence-corrected chi connectivity index (χ2v) is 11.5. The Morgan fingerprint density at radius 2 is 1.70 bits per heavy atom. The Hall–Kier alpha value is -3.53. The van der Waals surface area contributed by atoms with E-state index < -0.39 is 16.1 Å². The lowest BCUT2D eigenvalue weighted by Gasteiger charge is -2.12. The molecule has 1 atom stereocenters. The number of oxazole rings is 1. The van der Waals surface area contributed by atoms with E-state index in [4.69, 9.17) is 4.42 Å². The van der Waals surface area contributed by atoms with E-state index in [0.29, 0.717) is 30.4 Å². The third-order valence-electron chi connectivity index (χ3n) is 6.70. The van der Waals surface area contributed by atoms with Crippen LogP contribution in [0.4, 0.5) is 5.69 Å². The van der Waals surface area contributed by atoms with Crippen LogP contribution < -0.4 is 10.0 Å². The summed E-state index contributed by atoms with van der Waals surface area (Å²) in [5.74, 6) is 1.35. The van der Waals surface area contributed by atoms with Crippen molar-refractivity contribution in [2.24, 2.45) is 0 Å². The van der Waals surface area contributed by atoms with Crippen LogP contribution in [0.1, 0.15) is 62.1 Å². The summed E-state index contributed by atoms with van der Waals surface area (Å²) in [4.78, 5) is 8.57. The van der Waals surface area contributed by atoms with E-state index in [0.717, 1.165) is 36.0 Å². The zero-order chi connectivity index (χ0) is 28.2. The number of aliphatic hydroxyl groups excluding tert-OH is 1. The molecule has 2 aromatic heterocycles. The molecule has 4 aromatic rings. The second-order valence-electron chi connectivity index (χ2n) is 9.87. The molecule has 4 rings (SSSR count). The Morgan fingerprint density at radius 1 is 0.925 bits per heavy atom. The maximum absolute atomic E-state index is 12.9. The van der Waals surface area contributed by atoms with Gasteiger partial charge in [-0.3, -0.25) is 9.71 Å². The van der Waals surface area contributed by atoms with E-state index in [1.165, 1.54) is 25.7 Å². The largest absolute Gasteiger partial charge is 0.441 e. The highest BCUT2D eigenvalue weighted by Gasteiger charge is 2.15. The highest BCUT2D eigenvalue weighted by molar-refractivity contribution is 7.92. The van der Waals surface area contributed by atoms with Gasteiger partial charge in [0.25, 0.3) is 10.0 Å². The van der Waals surface area contributed by atoms with Gasteiger partial charge >= 0.3 is 0 Å². The first-order valence-electron chi connectivity index (χ1n) is 13.9. The maximum atomic E-state index is 12.9. The van der Waals surface area contributed by atoms with Gasteiger partial charge in [0.15, 0.2) is 11.7 Å². The minimum absolute atomic E-state index is 0.173. The summed E-state index contributed by atoms with van der Waals surface area (Å²) in [6, 6.07) is 17.6. The van der Waals surface area contributed by atoms with Crippen LogP contribution in [0.25, 0.3) is 11.3 Å². The van der Waals surface area contributed by atoms with Crippen molar-refractivity contribution in [2.45, 2.75) is 62.9 Å². The molecule has 3 N–H and O–H groups in total. The number of unbranched alkanes of at least 4 members (excludes halogenated alkanes) is 4. The minimum Gasteiger partial charge on any atom is -0.441 e. The lowest BCUT2D eigenvalue weighted by Crippen LogP contribution is -2.23. The predicted octanol–water partition coefficient (Wildman–Crippen LogP) is 5.92. The summed E-state index contributed by atoms with van der Waals surface area (Å²) in [5.41, 5.74) is 3.11. The smallest absolute Gasteiger partial charge is 0.261 e. The topological polar surface area (TPSA) is 117 Å². The summed E-state index contributed by atoms with van der Waals surface area (Å²) in [7, 11) is -3.74. The van der Waals surface area contributed by atoms with Crippen LogP contribution in [0.3, 0.4) is 0 Å². The van der Waals surface area contributed by atoms with Gasteiger partial charge in [-0.25, -0.2) is 13.4 Å². The summed E-state index contributed by atoms with van der Waals surface area (Å²) in [6.07, 6.45) is 11.9. The molecule has 8 nitrogen and oxygen atoms in total. The molecular formula is C31H38N4O4S. The average Bonchev–Trinajstić information content (AvgIpc) is 3.45. The van der Waals surface area contributed by atoms with Crippen LogP contribution in [-0.2, 0) is 22.9 Å². The lowest BCUT2D eigenvalue weighted by atomic mass is 10.1. The molecule has 9 heteroatoms. The summed E-state index contributed by atoms with van der Waals surface area (Å²) >= 11 is 0. The molecule has 40 heavy (non-hydrogen) atoms. The van der Waals surface area contributed by atoms with Gasteiger partial charge in [-0.05, 0) is 67.4 Å². The van der Waals surface area contributed by atoms with E-state index in [1.807, 2.05) is 18.2 Å². The monoisotopic (exact) mass is 562 g/mol. The third kappa shape index (κ3) is 8.74. The fraction of sp³-hybridized carbons (Fsp3) is 0.355. The molecule has 0 fully saturated rings. The number of aryl methyl sites for hydroxylation is 1. The first-order chi connectivity index (χ1) is 19.4. The highest BCUT2D eigenvalue weighted by Crippen LogP contribution is 2.24. The van der Waals surface area contributed by atoms with Crippen molar-refractivity contribution in [1.29, 1.82) is 0 Å². The van der Waals surface area contributed by atoms with Crippen LogP contribution in [0.5, 0.6) is 0 Å². The Balaban J connectivity index is 1.24. The number of hydrogen-bond donors (Lipinski definition) is 3. The molecule has 0 aliphatic carbocycles. The normalized spacial score (nSPS) is 12.3. The van der Waals surface area contributed by atoms with Gasteiger partial charge < -0.3 is 14.8 Å². The minimum atomic E-state index is -3.74. The number of aromatic nitrogens is 2. The number of hydrogen-bond acceptors (Lipinski definition) is 7. The molecule has 1 unspecified atom stereocenters. The Morgan fingerprint density at radius 3 is 2.42 bits per heavy atom. The Kier molecular flexibility index (Phi) is 10.9. The lowest BCUT2D eigenvalue weighted by molar-refractivity contribution is 0.174. The van der Waals surface area contributed by atoms with Gasteiger partial charge in [0.2, 0.25) is 0 Å². The molecule has 0 aliphatic rings. The molecule has 2 aromatic carbocycles. The van der Waals surface area contributed by atoms with E-state index in [9.17, 15) is 13.5 Å². The number of nitrogens with zero attached hydrogens (tertiary/aromatic N) is 2. The van der Waals surface area contributed by atoms with Crippen molar-refractivity contribution >= 4 is 15.7 Å². The molecule has 0 bridgehead atoms. The van der Waals surface area contributed by atoms with Crippen molar-refractivity contribution in [3.8, 4) is 11.3 Å². The second kappa shape index (κ2) is 14.7. The van der Waals surface area contributed by atoms with Gasteiger partial charge in [-0.15, -0.1) is 0 Å². The van der Waals surface area contributed by atoms with E-state index in [2.05, 4.69) is 26.9 Å². The first-order valence-corrected chi connectivity index (χ1v) is 15.4. The number of rotatable bonds is 16. The predicted molar refractivity (Wildman–Crippen MR) is 157 cm³/mol. The summed E-state index contributed by atoms with van der Waals surface area (Å²) in [5, 5.41) is 13.4. The van der Waals surface area contributed by atoms with Crippen molar-refractivity contribution in [1.82, 2.24) is 15.3 Å². The van der Waals surface area contributed by atoms with Gasteiger partial charge in [0.1, 0.15) is 0 Å². The number of benzene rings is 2. The van der Waals surface area contributed by atoms with Gasteiger partial charge in [0, 0.05) is 42.2 Å². The SMILES string of the molecule is CCCCCCCc1ncc(-c2ccc(S(=O)(=O)Nc3ccc(CCNCC(O)c4cccnc4)cc3)cc2)o1. The van der Waals surface area contributed by atoms with Crippen molar-refractivity contribution in [3.63, 3.8) is 0 Å². The molecule has 0 radical (unpaired) electrons. The van der Waals surface area contributed by atoms with Crippen LogP contribution in [0.2, 0.25) is 0 Å². The summed E-state index contributed by atoms with van der Waals surface area (Å²) in [6.45, 7) is 3.31. The third-order valence-corrected chi connectivity index (χ3v) is 8.10. The van der Waals surface area contributed by atoms with Gasteiger partial charge in [-0.1, -0.05) is 50.8 Å². The number of pyridine rings is 1. The Labute approximate surface area is 237 Å². The standard InChI is InChI=1S/C31H38N4O4S/c1-2-3-4-5-6-9-31-34-23-30(39-31)25-12-16-28(17-13-25)40(37,38)35-27-14-10-24(11-15-27)18-20-33-22-29(36)26-8-7-19-32-21-26/h7-8,10-17,19,21,23,29,33,35-36H,2-6,9,18,20,22H2,1H3. The maximum Gasteiger partial charge on any atom is 0.261 e. The number of sulfonamides is 1. The van der Waals surface area contributed by atoms with E-state index in [-0.39, 0.29) is 4.90 Å². The van der Waals surface area contributed by atoms with E-state index >= 15 is 0 Å². The molecule has 0 amide bonds. The fourth-order valence-electron chi connectivity index (χ4n) is 4.35. The molecule has 0 aliphatic heterocycles. The van der Waals surface area contributed by atoms with Crippen molar-refractivity contribution in [3.05, 3.63) is 96.3 Å². The van der Waals surface area contributed by atoms with Crippen LogP contribution >= 0.6 is 0 Å². The number of nitrogens with one attached hydrogen (secondary N) is 2.